The lowest BCUT2D eigenvalue weighted by Crippen LogP contribution is -2.46. The van der Waals surface area contributed by atoms with Crippen LogP contribution in [0.2, 0.25) is 0 Å². The van der Waals surface area contributed by atoms with E-state index in [0.29, 0.717) is 17.1 Å². The van der Waals surface area contributed by atoms with Gasteiger partial charge in [0.15, 0.2) is 11.5 Å². The fourth-order valence-corrected chi connectivity index (χ4v) is 4.81. The number of aliphatic hydroxyl groups excluding tert-OH is 1. The van der Waals surface area contributed by atoms with Gasteiger partial charge in [0, 0.05) is 14.1 Å². The van der Waals surface area contributed by atoms with E-state index in [1.807, 2.05) is 76.2 Å². The average molecular weight is 519 g/mol. The largest absolute Gasteiger partial charge is 0.454 e. The second-order valence-electron chi connectivity index (χ2n) is 11.3. The van der Waals surface area contributed by atoms with Gasteiger partial charge in [0.25, 0.3) is 5.91 Å². The molecule has 0 bridgehead atoms. The minimum absolute atomic E-state index is 0. The highest BCUT2D eigenvalue weighted by atomic mass is 16.7. The van der Waals surface area contributed by atoms with Crippen molar-refractivity contribution in [2.45, 2.75) is 52.0 Å². The number of hydrogen-bond acceptors (Lipinski definition) is 5. The summed E-state index contributed by atoms with van der Waals surface area (Å²) in [5, 5.41) is 15.7. The normalized spacial score (nSPS) is 16.0. The number of fused-ring (bicyclic) bond motifs is 1. The van der Waals surface area contributed by atoms with Gasteiger partial charge in [0.2, 0.25) is 12.7 Å². The minimum atomic E-state index is -0.555. The van der Waals surface area contributed by atoms with E-state index in [1.54, 1.807) is 12.1 Å². The molecule has 1 saturated carbocycles. The Hall–Kier alpha value is -3.84. The van der Waals surface area contributed by atoms with Crippen LogP contribution in [0.5, 0.6) is 11.5 Å². The SMILES string of the molecule is Cc1ccc(NC(=O)C2(c3ccc4c(c3)OCO4)CC2)cc1-c1ccc(C(=O)N[C@H](CO)C(C)(C)C)cc1.[HH].[HH]. The highest BCUT2D eigenvalue weighted by Crippen LogP contribution is 2.51. The van der Waals surface area contributed by atoms with E-state index >= 15 is 0 Å². The number of hydrogen-bond donors (Lipinski definition) is 3. The van der Waals surface area contributed by atoms with Crippen LogP contribution in [0.15, 0.2) is 60.7 Å². The van der Waals surface area contributed by atoms with Gasteiger partial charge >= 0.3 is 0 Å². The molecule has 1 aliphatic heterocycles. The van der Waals surface area contributed by atoms with Crippen LogP contribution >= 0.6 is 0 Å². The van der Waals surface area contributed by atoms with Crippen molar-refractivity contribution in [3.05, 3.63) is 77.4 Å². The van der Waals surface area contributed by atoms with Gasteiger partial charge in [-0.1, -0.05) is 45.0 Å². The third kappa shape index (κ3) is 4.98. The first-order valence-corrected chi connectivity index (χ1v) is 13.0. The molecule has 3 aromatic carbocycles. The van der Waals surface area contributed by atoms with Gasteiger partial charge in [-0.05, 0) is 83.8 Å². The summed E-state index contributed by atoms with van der Waals surface area (Å²) in [6, 6.07) is 18.6. The number of nitrogens with one attached hydrogen (secondary N) is 2. The summed E-state index contributed by atoms with van der Waals surface area (Å²) in [5.74, 6) is 1.14. The average Bonchev–Trinajstić information content (AvgIpc) is 3.58. The van der Waals surface area contributed by atoms with Gasteiger partial charge in [-0.15, -0.1) is 0 Å². The Balaban J connectivity index is 0.00000220. The lowest BCUT2D eigenvalue weighted by atomic mass is 9.87. The number of rotatable bonds is 7. The lowest BCUT2D eigenvalue weighted by molar-refractivity contribution is -0.118. The van der Waals surface area contributed by atoms with Crippen LogP contribution in [-0.4, -0.2) is 36.4 Å². The van der Waals surface area contributed by atoms with Crippen LogP contribution in [0.1, 0.15) is 58.0 Å². The van der Waals surface area contributed by atoms with Gasteiger partial charge < -0.3 is 25.2 Å². The number of carbonyl (C=O) groups excluding carboxylic acids is 2. The Morgan fingerprint density at radius 2 is 1.71 bits per heavy atom. The smallest absolute Gasteiger partial charge is 0.251 e. The van der Waals surface area contributed by atoms with E-state index in [4.69, 9.17) is 9.47 Å². The zero-order valence-corrected chi connectivity index (χ0v) is 22.3. The molecule has 3 aromatic rings. The van der Waals surface area contributed by atoms with Gasteiger partial charge in [-0.3, -0.25) is 9.59 Å². The molecule has 7 heteroatoms. The quantitative estimate of drug-likeness (QED) is 0.373. The van der Waals surface area contributed by atoms with E-state index < -0.39 is 5.41 Å². The van der Waals surface area contributed by atoms with Crippen molar-refractivity contribution in [2.24, 2.45) is 5.41 Å². The van der Waals surface area contributed by atoms with Crippen LogP contribution < -0.4 is 20.1 Å². The van der Waals surface area contributed by atoms with Crippen molar-refractivity contribution in [3.63, 3.8) is 0 Å². The Bertz CT molecular complexity index is 1380. The molecular weight excluding hydrogens is 480 g/mol. The first kappa shape index (κ1) is 25.8. The maximum absolute atomic E-state index is 13.4. The van der Waals surface area contributed by atoms with Crippen molar-refractivity contribution in [1.29, 1.82) is 0 Å². The highest BCUT2D eigenvalue weighted by Gasteiger charge is 2.51. The Labute approximate surface area is 226 Å². The molecule has 0 spiro atoms. The summed E-state index contributed by atoms with van der Waals surface area (Å²) in [4.78, 5) is 26.1. The second-order valence-corrected chi connectivity index (χ2v) is 11.3. The molecule has 38 heavy (non-hydrogen) atoms. The molecular formula is C31H38N2O5. The summed E-state index contributed by atoms with van der Waals surface area (Å²) in [6.07, 6.45) is 1.57. The second kappa shape index (κ2) is 9.80. The fraction of sp³-hybridized carbons (Fsp3) is 0.355. The predicted molar refractivity (Wildman–Crippen MR) is 151 cm³/mol. The highest BCUT2D eigenvalue weighted by molar-refractivity contribution is 6.02. The molecule has 5 rings (SSSR count). The molecule has 1 fully saturated rings. The van der Waals surface area contributed by atoms with Crippen LogP contribution in [0.3, 0.4) is 0 Å². The van der Waals surface area contributed by atoms with E-state index in [9.17, 15) is 14.7 Å². The Morgan fingerprint density at radius 1 is 1.00 bits per heavy atom. The molecule has 0 saturated heterocycles. The lowest BCUT2D eigenvalue weighted by Gasteiger charge is -2.29. The molecule has 2 aliphatic rings. The molecule has 0 radical (unpaired) electrons. The van der Waals surface area contributed by atoms with Crippen molar-refractivity contribution in [2.75, 3.05) is 18.7 Å². The van der Waals surface area contributed by atoms with E-state index in [0.717, 1.165) is 40.8 Å². The van der Waals surface area contributed by atoms with E-state index in [-0.39, 0.29) is 39.5 Å². The zero-order valence-electron chi connectivity index (χ0n) is 22.3. The summed E-state index contributed by atoms with van der Waals surface area (Å²) in [7, 11) is 0. The standard InChI is InChI=1S/C31H34N2O5.2H2/c1-19-5-11-23(32-29(36)31(13-14-31)22-10-12-25-26(15-22)38-18-37-25)16-24(19)20-6-8-21(9-7-20)28(35)33-27(17-34)30(2,3)4;;/h5-12,15-16,27,34H,13-14,17-18H2,1-4H3,(H,32,36)(H,33,35);2*1H/t27-;;/m1../s1. The predicted octanol–water partition coefficient (Wildman–Crippen LogP) is 5.69. The molecule has 3 N–H and O–H groups in total. The van der Waals surface area contributed by atoms with E-state index in [2.05, 4.69) is 10.6 Å². The van der Waals surface area contributed by atoms with E-state index in [1.165, 1.54) is 0 Å². The van der Waals surface area contributed by atoms with Gasteiger partial charge in [0.05, 0.1) is 18.1 Å². The fourth-order valence-electron chi connectivity index (χ4n) is 4.81. The number of anilines is 1. The van der Waals surface area contributed by atoms with Crippen molar-refractivity contribution in [1.82, 2.24) is 5.32 Å². The first-order valence-electron chi connectivity index (χ1n) is 13.0. The molecule has 0 unspecified atom stereocenters. The monoisotopic (exact) mass is 518 g/mol. The summed E-state index contributed by atoms with van der Waals surface area (Å²) >= 11 is 0. The number of carbonyl (C=O) groups is 2. The molecule has 0 aromatic heterocycles. The van der Waals surface area contributed by atoms with Gasteiger partial charge in [-0.25, -0.2) is 0 Å². The topological polar surface area (TPSA) is 96.9 Å². The summed E-state index contributed by atoms with van der Waals surface area (Å²) in [5.41, 5.74) is 4.36. The minimum Gasteiger partial charge on any atom is -0.454 e. The van der Waals surface area contributed by atoms with Gasteiger partial charge in [-0.2, -0.15) is 0 Å². The van der Waals surface area contributed by atoms with Crippen molar-refractivity contribution < 1.29 is 27.0 Å². The van der Waals surface area contributed by atoms with Crippen LogP contribution in [0, 0.1) is 12.3 Å². The number of aliphatic hydroxyl groups is 1. The first-order chi connectivity index (χ1) is 18.1. The number of aryl methyl sites for hydroxylation is 1. The molecule has 1 atom stereocenters. The van der Waals surface area contributed by atoms with Crippen molar-refractivity contribution >= 4 is 17.5 Å². The molecule has 1 heterocycles. The van der Waals surface area contributed by atoms with Crippen LogP contribution in [-0.2, 0) is 10.2 Å². The molecule has 7 nitrogen and oxygen atoms in total. The third-order valence-corrected chi connectivity index (χ3v) is 7.60. The zero-order chi connectivity index (χ0) is 27.1. The Kier molecular flexibility index (Phi) is 6.65. The molecule has 202 valence electrons. The van der Waals surface area contributed by atoms with Crippen LogP contribution in [0.25, 0.3) is 11.1 Å². The summed E-state index contributed by atoms with van der Waals surface area (Å²) < 4.78 is 10.9. The van der Waals surface area contributed by atoms with Crippen LogP contribution in [0.4, 0.5) is 5.69 Å². The molecule has 1 aliphatic carbocycles. The number of benzene rings is 3. The Morgan fingerprint density at radius 3 is 2.37 bits per heavy atom. The maximum Gasteiger partial charge on any atom is 0.251 e. The number of amides is 2. The number of ether oxygens (including phenoxy) is 2. The van der Waals surface area contributed by atoms with Gasteiger partial charge in [0.1, 0.15) is 0 Å². The maximum atomic E-state index is 13.4. The molecule has 2 amide bonds. The summed E-state index contributed by atoms with van der Waals surface area (Å²) in [6.45, 7) is 8.03. The third-order valence-electron chi connectivity index (χ3n) is 7.60. The van der Waals surface area contributed by atoms with Crippen molar-refractivity contribution in [3.8, 4) is 22.6 Å².